The number of aromatic nitrogens is 1. The molecule has 1 aromatic rings. The van der Waals surface area contributed by atoms with Crippen molar-refractivity contribution in [1.82, 2.24) is 15.6 Å². The number of hydrogen-bond donors (Lipinski definition) is 2. The van der Waals surface area contributed by atoms with Gasteiger partial charge in [-0.05, 0) is 33.1 Å². The third kappa shape index (κ3) is 6.13. The maximum atomic E-state index is 4.68. The van der Waals surface area contributed by atoms with E-state index in [1.165, 1.54) is 0 Å². The lowest BCUT2D eigenvalue weighted by molar-refractivity contribution is 0.665. The van der Waals surface area contributed by atoms with Crippen LogP contribution in [0.4, 0.5) is 5.82 Å². The Hall–Kier alpha value is -1.43. The zero-order valence-corrected chi connectivity index (χ0v) is 15.4. The van der Waals surface area contributed by atoms with Crippen LogP contribution >= 0.6 is 11.8 Å². The van der Waals surface area contributed by atoms with E-state index in [1.807, 2.05) is 43.0 Å². The van der Waals surface area contributed by atoms with Crippen molar-refractivity contribution in [3.8, 4) is 0 Å². The molecule has 2 N–H and O–H groups in total. The van der Waals surface area contributed by atoms with Crippen molar-refractivity contribution in [2.45, 2.75) is 32.1 Å². The Morgan fingerprint density at radius 3 is 2.68 bits per heavy atom. The van der Waals surface area contributed by atoms with Gasteiger partial charge in [-0.25, -0.2) is 9.98 Å². The van der Waals surface area contributed by atoms with E-state index >= 15 is 0 Å². The highest BCUT2D eigenvalue weighted by Gasteiger charge is 2.16. The van der Waals surface area contributed by atoms with E-state index < -0.39 is 0 Å². The molecule has 0 aliphatic carbocycles. The van der Waals surface area contributed by atoms with Crippen LogP contribution in [0.25, 0.3) is 0 Å². The highest BCUT2D eigenvalue weighted by Crippen LogP contribution is 2.19. The topological polar surface area (TPSA) is 52.6 Å². The van der Waals surface area contributed by atoms with Crippen molar-refractivity contribution in [3.63, 3.8) is 0 Å². The summed E-state index contributed by atoms with van der Waals surface area (Å²) in [6, 6.07) is 4.02. The summed E-state index contributed by atoms with van der Waals surface area (Å²) in [5.41, 5.74) is 1.12. The third-order valence-electron chi connectivity index (χ3n) is 3.28. The molecule has 6 heteroatoms. The number of pyridine rings is 1. The van der Waals surface area contributed by atoms with E-state index in [2.05, 4.69) is 53.7 Å². The first-order valence-corrected chi connectivity index (χ1v) is 8.80. The molecule has 124 valence electrons. The van der Waals surface area contributed by atoms with Gasteiger partial charge in [0, 0.05) is 43.7 Å². The normalized spacial score (nSPS) is 12.2. The molecule has 0 aromatic carbocycles. The summed E-state index contributed by atoms with van der Waals surface area (Å²) < 4.78 is 0.180. The minimum absolute atomic E-state index is 0.180. The largest absolute Gasteiger partial charge is 0.362 e. The predicted molar refractivity (Wildman–Crippen MR) is 99.0 cm³/mol. The van der Waals surface area contributed by atoms with Crippen molar-refractivity contribution in [3.05, 3.63) is 23.9 Å². The summed E-state index contributed by atoms with van der Waals surface area (Å²) in [6.07, 6.45) is 3.94. The number of aliphatic imine (C=N–C) groups is 1. The van der Waals surface area contributed by atoms with Gasteiger partial charge < -0.3 is 15.5 Å². The van der Waals surface area contributed by atoms with Crippen LogP contribution in [-0.4, -0.2) is 49.1 Å². The van der Waals surface area contributed by atoms with Crippen molar-refractivity contribution in [2.24, 2.45) is 4.99 Å². The van der Waals surface area contributed by atoms with Crippen molar-refractivity contribution >= 4 is 23.5 Å². The molecule has 0 unspecified atom stereocenters. The number of thioether (sulfide) groups is 1. The maximum absolute atomic E-state index is 4.68. The average Bonchev–Trinajstić information content (AvgIpc) is 2.50. The Morgan fingerprint density at radius 2 is 2.09 bits per heavy atom. The van der Waals surface area contributed by atoms with Gasteiger partial charge >= 0.3 is 0 Å². The van der Waals surface area contributed by atoms with Gasteiger partial charge in [0.05, 0.1) is 6.54 Å². The van der Waals surface area contributed by atoms with Gasteiger partial charge in [0.1, 0.15) is 5.82 Å². The number of nitrogens with one attached hydrogen (secondary N) is 2. The molecule has 0 radical (unpaired) electrons. The molecule has 1 aromatic heterocycles. The molecular formula is C16H29N5S. The van der Waals surface area contributed by atoms with Crippen LogP contribution in [0.2, 0.25) is 0 Å². The molecule has 1 rings (SSSR count). The van der Waals surface area contributed by atoms with E-state index in [-0.39, 0.29) is 4.75 Å². The Kier molecular flexibility index (Phi) is 7.51. The predicted octanol–water partition coefficient (Wildman–Crippen LogP) is 2.34. The highest BCUT2D eigenvalue weighted by atomic mass is 32.2. The molecule has 0 spiro atoms. The molecule has 0 aliphatic rings. The molecule has 0 aliphatic heterocycles. The summed E-state index contributed by atoms with van der Waals surface area (Å²) in [7, 11) is 4.00. The number of anilines is 1. The minimum Gasteiger partial charge on any atom is -0.362 e. The first-order valence-electron chi connectivity index (χ1n) is 7.58. The molecule has 0 saturated heterocycles. The van der Waals surface area contributed by atoms with Crippen LogP contribution in [-0.2, 0) is 6.54 Å². The second kappa shape index (κ2) is 8.88. The summed E-state index contributed by atoms with van der Waals surface area (Å²) >= 11 is 1.85. The third-order valence-corrected chi connectivity index (χ3v) is 4.53. The van der Waals surface area contributed by atoms with Crippen molar-refractivity contribution in [1.29, 1.82) is 0 Å². The monoisotopic (exact) mass is 323 g/mol. The molecule has 0 bridgehead atoms. The van der Waals surface area contributed by atoms with E-state index in [0.29, 0.717) is 6.54 Å². The van der Waals surface area contributed by atoms with E-state index in [1.54, 1.807) is 0 Å². The van der Waals surface area contributed by atoms with Gasteiger partial charge in [0.25, 0.3) is 0 Å². The number of hydrogen-bond acceptors (Lipinski definition) is 4. The van der Waals surface area contributed by atoms with Crippen LogP contribution in [0.3, 0.4) is 0 Å². The first kappa shape index (κ1) is 18.6. The SMILES string of the molecule is CCNC(=NCc1cccnc1N(C)C)NCC(C)(C)SC. The Morgan fingerprint density at radius 1 is 1.36 bits per heavy atom. The lowest BCUT2D eigenvalue weighted by atomic mass is 10.2. The van der Waals surface area contributed by atoms with Gasteiger partial charge in [-0.3, -0.25) is 0 Å². The Balaban J connectivity index is 2.78. The van der Waals surface area contributed by atoms with Crippen molar-refractivity contribution in [2.75, 3.05) is 38.3 Å². The Labute approximate surface area is 139 Å². The van der Waals surface area contributed by atoms with Crippen LogP contribution in [0.1, 0.15) is 26.3 Å². The van der Waals surface area contributed by atoms with Crippen LogP contribution < -0.4 is 15.5 Å². The maximum Gasteiger partial charge on any atom is 0.191 e. The van der Waals surface area contributed by atoms with Crippen molar-refractivity contribution < 1.29 is 0 Å². The fourth-order valence-electron chi connectivity index (χ4n) is 1.83. The number of nitrogens with zero attached hydrogens (tertiary/aromatic N) is 3. The zero-order chi connectivity index (χ0) is 16.6. The molecular weight excluding hydrogens is 294 g/mol. The Bertz CT molecular complexity index is 485. The van der Waals surface area contributed by atoms with Gasteiger partial charge in [0.15, 0.2) is 5.96 Å². The second-order valence-corrected chi connectivity index (χ2v) is 7.41. The van der Waals surface area contributed by atoms with Gasteiger partial charge in [0.2, 0.25) is 0 Å². The standard InChI is InChI=1S/C16H29N5S/c1-7-17-15(20-12-16(2,3)22-6)19-11-13-9-8-10-18-14(13)21(4)5/h8-10H,7,11-12H2,1-6H3,(H2,17,19,20). The molecule has 22 heavy (non-hydrogen) atoms. The second-order valence-electron chi connectivity index (χ2n) is 5.89. The zero-order valence-electron chi connectivity index (χ0n) is 14.6. The lowest BCUT2D eigenvalue weighted by Gasteiger charge is -2.24. The molecule has 0 fully saturated rings. The van der Waals surface area contributed by atoms with Gasteiger partial charge in [-0.2, -0.15) is 11.8 Å². The fourth-order valence-corrected chi connectivity index (χ4v) is 2.05. The fraction of sp³-hybridized carbons (Fsp3) is 0.625. The van der Waals surface area contributed by atoms with Crippen LogP contribution in [0.5, 0.6) is 0 Å². The van der Waals surface area contributed by atoms with Gasteiger partial charge in [-0.1, -0.05) is 6.07 Å². The molecule has 5 nitrogen and oxygen atoms in total. The summed E-state index contributed by atoms with van der Waals surface area (Å²) in [6.45, 7) is 8.84. The average molecular weight is 324 g/mol. The summed E-state index contributed by atoms with van der Waals surface area (Å²) in [5.74, 6) is 1.81. The van der Waals surface area contributed by atoms with E-state index in [0.717, 1.165) is 30.4 Å². The summed E-state index contributed by atoms with van der Waals surface area (Å²) in [4.78, 5) is 11.1. The summed E-state index contributed by atoms with van der Waals surface area (Å²) in [5, 5.41) is 6.71. The molecule has 0 amide bonds. The highest BCUT2D eigenvalue weighted by molar-refractivity contribution is 7.99. The minimum atomic E-state index is 0.180. The number of guanidine groups is 1. The van der Waals surface area contributed by atoms with E-state index in [4.69, 9.17) is 0 Å². The first-order chi connectivity index (χ1) is 10.4. The van der Waals surface area contributed by atoms with Gasteiger partial charge in [-0.15, -0.1) is 0 Å². The molecule has 0 atom stereocenters. The lowest BCUT2D eigenvalue weighted by Crippen LogP contribution is -2.43. The van der Waals surface area contributed by atoms with Crippen LogP contribution in [0, 0.1) is 0 Å². The quantitative estimate of drug-likeness (QED) is 0.596. The smallest absolute Gasteiger partial charge is 0.191 e. The van der Waals surface area contributed by atoms with Crippen LogP contribution in [0.15, 0.2) is 23.3 Å². The number of rotatable bonds is 7. The molecule has 0 saturated carbocycles. The van der Waals surface area contributed by atoms with E-state index in [9.17, 15) is 0 Å². The molecule has 1 heterocycles.